The third-order valence-electron chi connectivity index (χ3n) is 3.65. The van der Waals surface area contributed by atoms with Crippen LogP contribution in [0.25, 0.3) is 11.5 Å². The molecule has 3 heterocycles. The van der Waals surface area contributed by atoms with Gasteiger partial charge in [-0.2, -0.15) is 0 Å². The van der Waals surface area contributed by atoms with Crippen LogP contribution in [-0.4, -0.2) is 46.0 Å². The predicted octanol–water partition coefficient (Wildman–Crippen LogP) is 3.41. The molecule has 24 heavy (non-hydrogen) atoms. The number of anilines is 1. The Kier molecular flexibility index (Phi) is 5.36. The Morgan fingerprint density at radius 2 is 1.96 bits per heavy atom. The van der Waals surface area contributed by atoms with E-state index in [9.17, 15) is 0 Å². The highest BCUT2D eigenvalue weighted by Gasteiger charge is 2.17. The van der Waals surface area contributed by atoms with Gasteiger partial charge in [-0.15, -0.1) is 11.8 Å². The zero-order valence-electron chi connectivity index (χ0n) is 14.5. The van der Waals surface area contributed by atoms with E-state index < -0.39 is 0 Å². The fourth-order valence-electron chi connectivity index (χ4n) is 2.41. The van der Waals surface area contributed by atoms with Crippen molar-refractivity contribution >= 4 is 17.6 Å². The summed E-state index contributed by atoms with van der Waals surface area (Å²) in [5.41, 5.74) is 1.86. The second-order valence-electron chi connectivity index (χ2n) is 6.76. The van der Waals surface area contributed by atoms with Gasteiger partial charge in [-0.1, -0.05) is 26.8 Å². The molecule has 5 nitrogen and oxygen atoms in total. The maximum Gasteiger partial charge on any atom is 0.180 e. The van der Waals surface area contributed by atoms with Gasteiger partial charge in [-0.3, -0.25) is 4.98 Å². The van der Waals surface area contributed by atoms with Gasteiger partial charge in [-0.25, -0.2) is 9.97 Å². The highest BCUT2D eigenvalue weighted by atomic mass is 32.2. The van der Waals surface area contributed by atoms with Gasteiger partial charge in [0.1, 0.15) is 11.5 Å². The van der Waals surface area contributed by atoms with Gasteiger partial charge in [0, 0.05) is 35.9 Å². The van der Waals surface area contributed by atoms with E-state index in [0.29, 0.717) is 5.82 Å². The molecule has 0 aliphatic carbocycles. The molecule has 0 saturated carbocycles. The number of rotatable bonds is 4. The largest absolute Gasteiger partial charge is 0.378 e. The smallest absolute Gasteiger partial charge is 0.180 e. The molecule has 0 bridgehead atoms. The normalized spacial score (nSPS) is 15.5. The van der Waals surface area contributed by atoms with E-state index in [1.165, 1.54) is 0 Å². The first-order valence-corrected chi connectivity index (χ1v) is 9.26. The summed E-state index contributed by atoms with van der Waals surface area (Å²) >= 11 is 1.89. The van der Waals surface area contributed by atoms with Crippen LogP contribution in [0.4, 0.5) is 5.82 Å². The molecule has 0 atom stereocenters. The first kappa shape index (κ1) is 17.2. The van der Waals surface area contributed by atoms with Crippen molar-refractivity contribution in [3.05, 3.63) is 36.2 Å². The van der Waals surface area contributed by atoms with Crippen LogP contribution in [0.2, 0.25) is 0 Å². The second-order valence-corrected chi connectivity index (χ2v) is 8.56. The molecule has 3 rings (SSSR count). The highest BCUT2D eigenvalue weighted by molar-refractivity contribution is 7.99. The Balaban J connectivity index is 1.92. The number of hydrogen-bond acceptors (Lipinski definition) is 6. The SMILES string of the molecule is CC(C)(C)SCc1cc(N2CCOCC2)nc(-c2ccccn2)n1. The van der Waals surface area contributed by atoms with Crippen LogP contribution in [0.15, 0.2) is 30.5 Å². The lowest BCUT2D eigenvalue weighted by Gasteiger charge is -2.28. The molecule has 0 amide bonds. The molecule has 128 valence electrons. The van der Waals surface area contributed by atoms with Crippen LogP contribution in [-0.2, 0) is 10.5 Å². The van der Waals surface area contributed by atoms with Crippen LogP contribution in [0.5, 0.6) is 0 Å². The van der Waals surface area contributed by atoms with Crippen molar-refractivity contribution in [1.82, 2.24) is 15.0 Å². The highest BCUT2D eigenvalue weighted by Crippen LogP contribution is 2.28. The van der Waals surface area contributed by atoms with E-state index in [2.05, 4.69) is 36.7 Å². The van der Waals surface area contributed by atoms with E-state index in [4.69, 9.17) is 14.7 Å². The molecule has 0 radical (unpaired) electrons. The van der Waals surface area contributed by atoms with Crippen LogP contribution in [0.3, 0.4) is 0 Å². The summed E-state index contributed by atoms with van der Waals surface area (Å²) in [7, 11) is 0. The Hall–Kier alpha value is -1.66. The minimum Gasteiger partial charge on any atom is -0.378 e. The summed E-state index contributed by atoms with van der Waals surface area (Å²) < 4.78 is 5.66. The van der Waals surface area contributed by atoms with Crippen LogP contribution < -0.4 is 4.90 Å². The number of pyridine rings is 1. The molecule has 1 aliphatic rings. The Bertz CT molecular complexity index is 666. The summed E-state index contributed by atoms with van der Waals surface area (Å²) in [5.74, 6) is 2.53. The molecular formula is C18H24N4OS. The molecular weight excluding hydrogens is 320 g/mol. The summed E-state index contributed by atoms with van der Waals surface area (Å²) in [5, 5.41) is 0. The summed E-state index contributed by atoms with van der Waals surface area (Å²) in [4.78, 5) is 16.2. The molecule has 6 heteroatoms. The van der Waals surface area contributed by atoms with E-state index in [-0.39, 0.29) is 4.75 Å². The van der Waals surface area contributed by atoms with Crippen molar-refractivity contribution in [2.24, 2.45) is 0 Å². The van der Waals surface area contributed by atoms with Gasteiger partial charge in [0.15, 0.2) is 5.82 Å². The maximum atomic E-state index is 5.46. The summed E-state index contributed by atoms with van der Waals surface area (Å²) in [6.45, 7) is 9.89. The predicted molar refractivity (Wildman–Crippen MR) is 99.3 cm³/mol. The maximum absolute atomic E-state index is 5.46. The first-order valence-electron chi connectivity index (χ1n) is 8.27. The van der Waals surface area contributed by atoms with Gasteiger partial charge >= 0.3 is 0 Å². The summed E-state index contributed by atoms with van der Waals surface area (Å²) in [6.07, 6.45) is 1.78. The minimum absolute atomic E-state index is 0.204. The number of hydrogen-bond donors (Lipinski definition) is 0. The fourth-order valence-corrected chi connectivity index (χ4v) is 3.14. The lowest BCUT2D eigenvalue weighted by molar-refractivity contribution is 0.122. The Labute approximate surface area is 147 Å². The molecule has 1 saturated heterocycles. The molecule has 0 unspecified atom stereocenters. The zero-order valence-corrected chi connectivity index (χ0v) is 15.3. The number of morpholine rings is 1. The van der Waals surface area contributed by atoms with Gasteiger partial charge in [0.2, 0.25) is 0 Å². The van der Waals surface area contributed by atoms with Gasteiger partial charge in [0.05, 0.1) is 18.9 Å². The lowest BCUT2D eigenvalue weighted by atomic mass is 10.3. The molecule has 1 fully saturated rings. The van der Waals surface area contributed by atoms with E-state index >= 15 is 0 Å². The topological polar surface area (TPSA) is 51.1 Å². The van der Waals surface area contributed by atoms with Gasteiger partial charge < -0.3 is 9.64 Å². The van der Waals surface area contributed by atoms with Gasteiger partial charge in [-0.05, 0) is 12.1 Å². The standard InChI is InChI=1S/C18H24N4OS/c1-18(2,3)24-13-14-12-16(22-8-10-23-11-9-22)21-17(20-14)15-6-4-5-7-19-15/h4-7,12H,8-11,13H2,1-3H3. The van der Waals surface area contributed by atoms with E-state index in [1.807, 2.05) is 30.0 Å². The molecule has 0 aromatic carbocycles. The number of nitrogens with zero attached hydrogens (tertiary/aromatic N) is 4. The monoisotopic (exact) mass is 344 g/mol. The summed E-state index contributed by atoms with van der Waals surface area (Å²) in [6, 6.07) is 7.94. The van der Waals surface area contributed by atoms with Crippen molar-refractivity contribution in [2.45, 2.75) is 31.3 Å². The van der Waals surface area contributed by atoms with E-state index in [0.717, 1.165) is 49.3 Å². The van der Waals surface area contributed by atoms with Crippen LogP contribution in [0.1, 0.15) is 26.5 Å². The third-order valence-corrected chi connectivity index (χ3v) is 4.95. The first-order chi connectivity index (χ1) is 11.5. The quantitative estimate of drug-likeness (QED) is 0.847. The molecule has 1 aliphatic heterocycles. The number of ether oxygens (including phenoxy) is 1. The Morgan fingerprint density at radius 1 is 1.17 bits per heavy atom. The molecule has 2 aromatic rings. The van der Waals surface area contributed by atoms with Crippen molar-refractivity contribution < 1.29 is 4.74 Å². The third kappa shape index (κ3) is 4.68. The van der Waals surface area contributed by atoms with Gasteiger partial charge in [0.25, 0.3) is 0 Å². The lowest BCUT2D eigenvalue weighted by Crippen LogP contribution is -2.37. The van der Waals surface area contributed by atoms with Crippen molar-refractivity contribution in [3.63, 3.8) is 0 Å². The van der Waals surface area contributed by atoms with E-state index in [1.54, 1.807) is 6.20 Å². The molecule has 0 N–H and O–H groups in total. The Morgan fingerprint density at radius 3 is 2.62 bits per heavy atom. The molecule has 2 aromatic heterocycles. The van der Waals surface area contributed by atoms with Crippen LogP contribution >= 0.6 is 11.8 Å². The minimum atomic E-state index is 0.204. The average Bonchev–Trinajstić information content (AvgIpc) is 2.61. The number of aromatic nitrogens is 3. The fraction of sp³-hybridized carbons (Fsp3) is 0.500. The van der Waals surface area contributed by atoms with Crippen molar-refractivity contribution in [2.75, 3.05) is 31.2 Å². The molecule has 0 spiro atoms. The average molecular weight is 344 g/mol. The van der Waals surface area contributed by atoms with Crippen molar-refractivity contribution in [3.8, 4) is 11.5 Å². The zero-order chi connectivity index (χ0) is 17.0. The van der Waals surface area contributed by atoms with Crippen LogP contribution in [0, 0.1) is 0 Å². The number of thioether (sulfide) groups is 1. The second kappa shape index (κ2) is 7.49. The van der Waals surface area contributed by atoms with Crippen molar-refractivity contribution in [1.29, 1.82) is 0 Å².